The zero-order valence-corrected chi connectivity index (χ0v) is 15.5. The highest BCUT2D eigenvalue weighted by Crippen LogP contribution is 2.26. The molecule has 2 rings (SSSR count). The fraction of sp³-hybridized carbons (Fsp3) is 0.250. The second kappa shape index (κ2) is 9.77. The van der Waals surface area contributed by atoms with E-state index in [-0.39, 0.29) is 30.3 Å². The van der Waals surface area contributed by atoms with Crippen LogP contribution < -0.4 is 11.1 Å². The van der Waals surface area contributed by atoms with E-state index in [4.69, 9.17) is 5.73 Å². The summed E-state index contributed by atoms with van der Waals surface area (Å²) in [5.74, 6) is -0.579. The van der Waals surface area contributed by atoms with Crippen LogP contribution in [0.25, 0.3) is 0 Å². The molecule has 0 spiro atoms. The van der Waals surface area contributed by atoms with Crippen LogP contribution in [0.1, 0.15) is 35.7 Å². The molecule has 0 aliphatic rings. The van der Waals surface area contributed by atoms with Crippen molar-refractivity contribution in [3.8, 4) is 0 Å². The Kier molecular flexibility index (Phi) is 7.41. The molecule has 26 heavy (non-hydrogen) atoms. The van der Waals surface area contributed by atoms with E-state index in [9.17, 15) is 14.4 Å². The average molecular weight is 370 g/mol. The van der Waals surface area contributed by atoms with Crippen LogP contribution in [0.2, 0.25) is 0 Å². The van der Waals surface area contributed by atoms with E-state index < -0.39 is 5.91 Å². The minimum Gasteiger partial charge on any atom is -0.369 e. The van der Waals surface area contributed by atoms with Crippen LogP contribution in [0.4, 0.5) is 5.69 Å². The molecule has 2 aromatic rings. The van der Waals surface area contributed by atoms with Crippen molar-refractivity contribution in [2.45, 2.75) is 31.1 Å². The van der Waals surface area contributed by atoms with Gasteiger partial charge in [-0.3, -0.25) is 14.4 Å². The van der Waals surface area contributed by atoms with Gasteiger partial charge in [0.1, 0.15) is 0 Å². The van der Waals surface area contributed by atoms with Crippen LogP contribution in [0.15, 0.2) is 53.4 Å². The van der Waals surface area contributed by atoms with E-state index in [0.717, 1.165) is 11.3 Å². The molecule has 0 fully saturated rings. The number of hydrogen-bond donors (Lipinski definition) is 2. The minimum absolute atomic E-state index is 0.0563. The topological polar surface area (TPSA) is 89.3 Å². The van der Waals surface area contributed by atoms with Crippen LogP contribution in [0, 0.1) is 0 Å². The summed E-state index contributed by atoms with van der Waals surface area (Å²) in [5.41, 5.74) is 7.56. The lowest BCUT2D eigenvalue weighted by atomic mass is 10.0. The summed E-state index contributed by atoms with van der Waals surface area (Å²) in [6, 6.07) is 14.6. The molecule has 0 bridgehead atoms. The Labute approximate surface area is 157 Å². The number of primary amides is 1. The third kappa shape index (κ3) is 6.04. The van der Waals surface area contributed by atoms with Crippen molar-refractivity contribution in [3.05, 3.63) is 59.7 Å². The quantitative estimate of drug-likeness (QED) is 0.523. The minimum atomic E-state index is -0.421. The number of ketones is 1. The summed E-state index contributed by atoms with van der Waals surface area (Å²) in [7, 11) is 0. The second-order valence-corrected chi connectivity index (χ2v) is 6.79. The molecule has 5 nitrogen and oxygen atoms in total. The van der Waals surface area contributed by atoms with Gasteiger partial charge in [0.15, 0.2) is 5.78 Å². The Bertz CT molecular complexity index is 788. The maximum atomic E-state index is 12.2. The molecule has 0 saturated carbocycles. The van der Waals surface area contributed by atoms with Crippen molar-refractivity contribution in [1.29, 1.82) is 0 Å². The molecular formula is C20H22N2O3S. The Morgan fingerprint density at radius 3 is 2.35 bits per heavy atom. The van der Waals surface area contributed by atoms with Gasteiger partial charge in [0, 0.05) is 23.3 Å². The number of benzene rings is 2. The number of Topliss-reactive ketones (excluding diaryl/α,β-unsaturated/α-hetero) is 1. The third-order valence-electron chi connectivity index (χ3n) is 3.79. The molecule has 0 radical (unpaired) electrons. The predicted molar refractivity (Wildman–Crippen MR) is 104 cm³/mol. The molecular weight excluding hydrogens is 348 g/mol. The SMILES string of the molecule is CCc1ccc(C(=O)CCC(=O)Nc2ccccc2SCC(N)=O)cc1. The number of nitrogens with two attached hydrogens (primary N) is 1. The van der Waals surface area contributed by atoms with Crippen LogP contribution in [0.5, 0.6) is 0 Å². The van der Waals surface area contributed by atoms with E-state index in [1.165, 1.54) is 17.3 Å². The molecule has 136 valence electrons. The highest BCUT2D eigenvalue weighted by Gasteiger charge is 2.11. The Morgan fingerprint density at radius 2 is 1.69 bits per heavy atom. The molecule has 6 heteroatoms. The number of nitrogens with one attached hydrogen (secondary N) is 1. The maximum absolute atomic E-state index is 12.2. The highest BCUT2D eigenvalue weighted by atomic mass is 32.2. The lowest BCUT2D eigenvalue weighted by Crippen LogP contribution is -2.15. The molecule has 0 heterocycles. The smallest absolute Gasteiger partial charge is 0.227 e. The maximum Gasteiger partial charge on any atom is 0.227 e. The van der Waals surface area contributed by atoms with E-state index >= 15 is 0 Å². The molecule has 2 aromatic carbocycles. The summed E-state index contributed by atoms with van der Waals surface area (Å²) in [6.07, 6.45) is 1.17. The third-order valence-corrected chi connectivity index (χ3v) is 4.89. The first-order valence-electron chi connectivity index (χ1n) is 8.41. The number of rotatable bonds is 9. The van der Waals surface area contributed by atoms with Crippen molar-refractivity contribution < 1.29 is 14.4 Å². The van der Waals surface area contributed by atoms with Gasteiger partial charge in [0.2, 0.25) is 11.8 Å². The van der Waals surface area contributed by atoms with Crippen molar-refractivity contribution in [1.82, 2.24) is 0 Å². The molecule has 0 atom stereocenters. The molecule has 0 aliphatic carbocycles. The van der Waals surface area contributed by atoms with Gasteiger partial charge in [-0.15, -0.1) is 11.8 Å². The summed E-state index contributed by atoms with van der Waals surface area (Å²) in [4.78, 5) is 36.1. The van der Waals surface area contributed by atoms with E-state index in [1.807, 2.05) is 24.3 Å². The zero-order chi connectivity index (χ0) is 18.9. The van der Waals surface area contributed by atoms with Crippen LogP contribution in [-0.2, 0) is 16.0 Å². The van der Waals surface area contributed by atoms with Gasteiger partial charge in [0.05, 0.1) is 11.4 Å². The van der Waals surface area contributed by atoms with Gasteiger partial charge in [-0.05, 0) is 24.1 Å². The lowest BCUT2D eigenvalue weighted by Gasteiger charge is -2.10. The largest absolute Gasteiger partial charge is 0.369 e. The average Bonchev–Trinajstić information content (AvgIpc) is 2.65. The summed E-state index contributed by atoms with van der Waals surface area (Å²) < 4.78 is 0. The van der Waals surface area contributed by atoms with Crippen LogP contribution in [0.3, 0.4) is 0 Å². The number of amides is 2. The van der Waals surface area contributed by atoms with E-state index in [1.54, 1.807) is 24.3 Å². The fourth-order valence-corrected chi connectivity index (χ4v) is 3.10. The number of aryl methyl sites for hydroxylation is 1. The predicted octanol–water partition coefficient (Wildman–Crippen LogP) is 3.43. The van der Waals surface area contributed by atoms with E-state index in [0.29, 0.717) is 11.3 Å². The van der Waals surface area contributed by atoms with Gasteiger partial charge in [-0.25, -0.2) is 0 Å². The van der Waals surface area contributed by atoms with Gasteiger partial charge < -0.3 is 11.1 Å². The molecule has 0 aliphatic heterocycles. The molecule has 0 unspecified atom stereocenters. The molecule has 2 amide bonds. The lowest BCUT2D eigenvalue weighted by molar-refractivity contribution is -0.116. The van der Waals surface area contributed by atoms with Crippen molar-refractivity contribution in [3.63, 3.8) is 0 Å². The second-order valence-electron chi connectivity index (χ2n) is 5.77. The molecule has 3 N–H and O–H groups in total. The summed E-state index contributed by atoms with van der Waals surface area (Å²) in [6.45, 7) is 2.06. The first-order valence-corrected chi connectivity index (χ1v) is 9.40. The van der Waals surface area contributed by atoms with Gasteiger partial charge >= 0.3 is 0 Å². The van der Waals surface area contributed by atoms with Crippen LogP contribution in [-0.4, -0.2) is 23.4 Å². The number of anilines is 1. The number of carbonyl (C=O) groups excluding carboxylic acids is 3. The fourth-order valence-electron chi connectivity index (χ4n) is 2.36. The molecule has 0 aromatic heterocycles. The highest BCUT2D eigenvalue weighted by molar-refractivity contribution is 8.00. The van der Waals surface area contributed by atoms with Crippen molar-refractivity contribution >= 4 is 35.0 Å². The van der Waals surface area contributed by atoms with Gasteiger partial charge in [0.25, 0.3) is 0 Å². The first-order chi connectivity index (χ1) is 12.5. The number of carbonyl (C=O) groups is 3. The number of hydrogen-bond acceptors (Lipinski definition) is 4. The van der Waals surface area contributed by atoms with Crippen molar-refractivity contribution in [2.75, 3.05) is 11.1 Å². The Hall–Kier alpha value is -2.60. The van der Waals surface area contributed by atoms with Gasteiger partial charge in [-0.1, -0.05) is 43.3 Å². The Balaban J connectivity index is 1.90. The monoisotopic (exact) mass is 370 g/mol. The summed E-state index contributed by atoms with van der Waals surface area (Å²) >= 11 is 1.27. The van der Waals surface area contributed by atoms with E-state index in [2.05, 4.69) is 12.2 Å². The zero-order valence-electron chi connectivity index (χ0n) is 14.7. The normalized spacial score (nSPS) is 10.3. The standard InChI is InChI=1S/C20H22N2O3S/c1-2-14-7-9-15(10-8-14)17(23)11-12-20(25)22-16-5-3-4-6-18(16)26-13-19(21)24/h3-10H,2,11-13H2,1H3,(H2,21,24)(H,22,25). The number of thioether (sulfide) groups is 1. The first kappa shape index (κ1) is 19.7. The summed E-state index contributed by atoms with van der Waals surface area (Å²) in [5, 5.41) is 2.80. The van der Waals surface area contributed by atoms with Crippen molar-refractivity contribution in [2.24, 2.45) is 5.73 Å². The Morgan fingerprint density at radius 1 is 1.00 bits per heavy atom. The van der Waals surface area contributed by atoms with Crippen LogP contribution >= 0.6 is 11.8 Å². The number of para-hydroxylation sites is 1. The van der Waals surface area contributed by atoms with Gasteiger partial charge in [-0.2, -0.15) is 0 Å². The molecule has 0 saturated heterocycles.